The van der Waals surface area contributed by atoms with Crippen LogP contribution >= 0.6 is 0 Å². The van der Waals surface area contributed by atoms with Gasteiger partial charge in [0, 0.05) is 31.7 Å². The SMILES string of the molecule is CCC(C)C1CN(C2CCCC2)CCN1. The fourth-order valence-electron chi connectivity index (χ4n) is 3.07. The second-order valence-electron chi connectivity index (χ2n) is 5.38. The third-order valence-electron chi connectivity index (χ3n) is 4.41. The number of hydrogen-bond acceptors (Lipinski definition) is 2. The lowest BCUT2D eigenvalue weighted by atomic mass is 9.96. The maximum absolute atomic E-state index is 3.68. The summed E-state index contributed by atoms with van der Waals surface area (Å²) in [7, 11) is 0. The summed E-state index contributed by atoms with van der Waals surface area (Å²) in [5.74, 6) is 0.828. The zero-order chi connectivity index (χ0) is 10.7. The van der Waals surface area contributed by atoms with Gasteiger partial charge in [-0.3, -0.25) is 4.90 Å². The average Bonchev–Trinajstić information content (AvgIpc) is 2.82. The summed E-state index contributed by atoms with van der Waals surface area (Å²) in [5.41, 5.74) is 0. The van der Waals surface area contributed by atoms with Crippen LogP contribution in [0.1, 0.15) is 46.0 Å². The van der Waals surface area contributed by atoms with Crippen molar-refractivity contribution in [1.82, 2.24) is 10.2 Å². The molecule has 2 unspecified atom stereocenters. The number of nitrogens with one attached hydrogen (secondary N) is 1. The Hall–Kier alpha value is -0.0800. The molecule has 1 aliphatic heterocycles. The summed E-state index contributed by atoms with van der Waals surface area (Å²) >= 11 is 0. The molecule has 1 aliphatic carbocycles. The van der Waals surface area contributed by atoms with Crippen LogP contribution < -0.4 is 5.32 Å². The van der Waals surface area contributed by atoms with Crippen LogP contribution in [0.25, 0.3) is 0 Å². The van der Waals surface area contributed by atoms with E-state index in [0.717, 1.165) is 18.0 Å². The first kappa shape index (κ1) is 11.4. The Kier molecular flexibility index (Phi) is 4.04. The first-order chi connectivity index (χ1) is 7.31. The predicted molar refractivity (Wildman–Crippen MR) is 65.1 cm³/mol. The first-order valence-electron chi connectivity index (χ1n) is 6.78. The molecule has 1 saturated carbocycles. The summed E-state index contributed by atoms with van der Waals surface area (Å²) in [6, 6.07) is 1.66. The molecule has 2 atom stereocenters. The van der Waals surface area contributed by atoms with Crippen LogP contribution in [0.2, 0.25) is 0 Å². The van der Waals surface area contributed by atoms with Crippen molar-refractivity contribution in [3.05, 3.63) is 0 Å². The zero-order valence-corrected chi connectivity index (χ0v) is 10.3. The summed E-state index contributed by atoms with van der Waals surface area (Å²) < 4.78 is 0. The molecule has 15 heavy (non-hydrogen) atoms. The highest BCUT2D eigenvalue weighted by molar-refractivity contribution is 4.87. The van der Waals surface area contributed by atoms with E-state index in [9.17, 15) is 0 Å². The van der Waals surface area contributed by atoms with E-state index in [-0.39, 0.29) is 0 Å². The highest BCUT2D eigenvalue weighted by Crippen LogP contribution is 2.25. The van der Waals surface area contributed by atoms with Gasteiger partial charge in [-0.05, 0) is 18.8 Å². The average molecular weight is 210 g/mol. The van der Waals surface area contributed by atoms with Crippen molar-refractivity contribution in [3.63, 3.8) is 0 Å². The van der Waals surface area contributed by atoms with Gasteiger partial charge in [0.05, 0.1) is 0 Å². The van der Waals surface area contributed by atoms with E-state index in [1.165, 1.54) is 51.7 Å². The van der Waals surface area contributed by atoms with Gasteiger partial charge >= 0.3 is 0 Å². The fourth-order valence-corrected chi connectivity index (χ4v) is 3.07. The van der Waals surface area contributed by atoms with E-state index in [2.05, 4.69) is 24.1 Å². The van der Waals surface area contributed by atoms with Gasteiger partial charge in [0.2, 0.25) is 0 Å². The first-order valence-corrected chi connectivity index (χ1v) is 6.78. The predicted octanol–water partition coefficient (Wildman–Crippen LogP) is 2.25. The molecule has 2 fully saturated rings. The molecule has 88 valence electrons. The van der Waals surface area contributed by atoms with E-state index >= 15 is 0 Å². The lowest BCUT2D eigenvalue weighted by Gasteiger charge is -2.39. The molecule has 0 radical (unpaired) electrons. The van der Waals surface area contributed by atoms with E-state index in [1.807, 2.05) is 0 Å². The molecular formula is C13H26N2. The Morgan fingerprint density at radius 1 is 1.33 bits per heavy atom. The number of rotatable bonds is 3. The van der Waals surface area contributed by atoms with Crippen LogP contribution in [-0.2, 0) is 0 Å². The Morgan fingerprint density at radius 2 is 2.07 bits per heavy atom. The smallest absolute Gasteiger partial charge is 0.0221 e. The van der Waals surface area contributed by atoms with E-state index in [0.29, 0.717) is 0 Å². The Bertz CT molecular complexity index is 187. The molecule has 0 aromatic heterocycles. The Balaban J connectivity index is 1.86. The van der Waals surface area contributed by atoms with Crippen LogP contribution in [0, 0.1) is 5.92 Å². The molecule has 0 bridgehead atoms. The van der Waals surface area contributed by atoms with Crippen LogP contribution in [0.3, 0.4) is 0 Å². The van der Waals surface area contributed by atoms with Crippen LogP contribution in [0.5, 0.6) is 0 Å². The molecule has 0 aromatic carbocycles. The van der Waals surface area contributed by atoms with Crippen LogP contribution in [0.4, 0.5) is 0 Å². The second kappa shape index (κ2) is 5.31. The normalized spacial score (nSPS) is 32.0. The second-order valence-corrected chi connectivity index (χ2v) is 5.38. The maximum Gasteiger partial charge on any atom is 0.0221 e. The summed E-state index contributed by atoms with van der Waals surface area (Å²) in [5, 5.41) is 3.68. The molecule has 1 saturated heterocycles. The highest BCUT2D eigenvalue weighted by Gasteiger charge is 2.29. The van der Waals surface area contributed by atoms with Crippen LogP contribution in [-0.4, -0.2) is 36.6 Å². The largest absolute Gasteiger partial charge is 0.311 e. The summed E-state index contributed by atoms with van der Waals surface area (Å²) in [6.45, 7) is 8.46. The van der Waals surface area contributed by atoms with Crippen molar-refractivity contribution in [2.45, 2.75) is 58.0 Å². The standard InChI is InChI=1S/C13H26N2/c1-3-11(2)13-10-15(9-8-14-13)12-6-4-5-7-12/h11-14H,3-10H2,1-2H3. The summed E-state index contributed by atoms with van der Waals surface area (Å²) in [4.78, 5) is 2.75. The lowest BCUT2D eigenvalue weighted by molar-refractivity contribution is 0.124. The van der Waals surface area contributed by atoms with Crippen molar-refractivity contribution in [2.75, 3.05) is 19.6 Å². The Morgan fingerprint density at radius 3 is 2.73 bits per heavy atom. The molecule has 2 heteroatoms. The summed E-state index contributed by atoms with van der Waals surface area (Å²) in [6.07, 6.45) is 7.13. The molecule has 1 N–H and O–H groups in total. The topological polar surface area (TPSA) is 15.3 Å². The van der Waals surface area contributed by atoms with Gasteiger partial charge in [-0.15, -0.1) is 0 Å². The highest BCUT2D eigenvalue weighted by atomic mass is 15.2. The van der Waals surface area contributed by atoms with Gasteiger partial charge in [0.1, 0.15) is 0 Å². The van der Waals surface area contributed by atoms with Crippen LogP contribution in [0.15, 0.2) is 0 Å². The van der Waals surface area contributed by atoms with Gasteiger partial charge in [-0.2, -0.15) is 0 Å². The lowest BCUT2D eigenvalue weighted by Crippen LogP contribution is -2.55. The van der Waals surface area contributed by atoms with Gasteiger partial charge in [0.25, 0.3) is 0 Å². The minimum absolute atomic E-state index is 0.740. The van der Waals surface area contributed by atoms with E-state index < -0.39 is 0 Å². The molecule has 1 heterocycles. The molecule has 0 amide bonds. The molecule has 0 spiro atoms. The van der Waals surface area contributed by atoms with Gasteiger partial charge < -0.3 is 5.32 Å². The molecule has 2 aliphatic rings. The minimum atomic E-state index is 0.740. The number of hydrogen-bond donors (Lipinski definition) is 1. The van der Waals surface area contributed by atoms with Crippen molar-refractivity contribution in [2.24, 2.45) is 5.92 Å². The van der Waals surface area contributed by atoms with Gasteiger partial charge in [0.15, 0.2) is 0 Å². The maximum atomic E-state index is 3.68. The quantitative estimate of drug-likeness (QED) is 0.768. The Labute approximate surface area is 94.4 Å². The molecular weight excluding hydrogens is 184 g/mol. The monoisotopic (exact) mass is 210 g/mol. The number of nitrogens with zero attached hydrogens (tertiary/aromatic N) is 1. The molecule has 0 aromatic rings. The van der Waals surface area contributed by atoms with Gasteiger partial charge in [-0.25, -0.2) is 0 Å². The van der Waals surface area contributed by atoms with E-state index in [1.54, 1.807) is 0 Å². The van der Waals surface area contributed by atoms with Crippen molar-refractivity contribution < 1.29 is 0 Å². The minimum Gasteiger partial charge on any atom is -0.311 e. The zero-order valence-electron chi connectivity index (χ0n) is 10.3. The molecule has 2 nitrogen and oxygen atoms in total. The van der Waals surface area contributed by atoms with Gasteiger partial charge in [-0.1, -0.05) is 33.1 Å². The third kappa shape index (κ3) is 2.73. The van der Waals surface area contributed by atoms with Crippen molar-refractivity contribution in [1.29, 1.82) is 0 Å². The number of piperazine rings is 1. The van der Waals surface area contributed by atoms with Crippen molar-refractivity contribution >= 4 is 0 Å². The van der Waals surface area contributed by atoms with Crippen molar-refractivity contribution in [3.8, 4) is 0 Å². The van der Waals surface area contributed by atoms with E-state index in [4.69, 9.17) is 0 Å². The molecule has 2 rings (SSSR count). The third-order valence-corrected chi connectivity index (χ3v) is 4.41. The fraction of sp³-hybridized carbons (Fsp3) is 1.00.